The fraction of sp³-hybridized carbons (Fsp3) is 0.429. The maximum absolute atomic E-state index is 13.9. The molecule has 0 spiro atoms. The number of carbonyl (C=O) groups excluding carboxylic acids is 1. The molecule has 1 N–H and O–H groups in total. The van der Waals surface area contributed by atoms with Gasteiger partial charge in [0.1, 0.15) is 5.82 Å². The van der Waals surface area contributed by atoms with Crippen LogP contribution >= 0.6 is 11.8 Å². The van der Waals surface area contributed by atoms with E-state index in [1.54, 1.807) is 30.2 Å². The van der Waals surface area contributed by atoms with Crippen LogP contribution in [0, 0.1) is 12.7 Å². The lowest BCUT2D eigenvalue weighted by molar-refractivity contribution is -0.120. The van der Waals surface area contributed by atoms with Crippen LogP contribution in [-0.2, 0) is 17.3 Å². The first-order valence-corrected chi connectivity index (χ1v) is 12.9. The molecular formula is C28H40FN3OS. The third kappa shape index (κ3) is 8.01. The third-order valence-corrected chi connectivity index (χ3v) is 6.53. The number of imidazole rings is 1. The van der Waals surface area contributed by atoms with Gasteiger partial charge in [0.25, 0.3) is 0 Å². The second-order valence-corrected chi connectivity index (χ2v) is 9.26. The van der Waals surface area contributed by atoms with E-state index in [9.17, 15) is 9.18 Å². The Morgan fingerprint density at radius 2 is 1.82 bits per heavy atom. The molecule has 34 heavy (non-hydrogen) atoms. The van der Waals surface area contributed by atoms with E-state index in [1.807, 2.05) is 83.6 Å². The Morgan fingerprint density at radius 3 is 2.41 bits per heavy atom. The summed E-state index contributed by atoms with van der Waals surface area (Å²) in [5, 5.41) is 2.85. The molecule has 6 heteroatoms. The average Bonchev–Trinajstić information content (AvgIpc) is 3.28. The number of aryl methyl sites for hydroxylation is 2. The number of nitrogens with zero attached hydrogens (tertiary/aromatic N) is 2. The van der Waals surface area contributed by atoms with Crippen LogP contribution < -0.4 is 5.32 Å². The summed E-state index contributed by atoms with van der Waals surface area (Å²) in [5.41, 5.74) is 2.54. The second-order valence-electron chi connectivity index (χ2n) is 7.85. The van der Waals surface area contributed by atoms with Gasteiger partial charge >= 0.3 is 0 Å². The van der Waals surface area contributed by atoms with Crippen LogP contribution in [0.25, 0.3) is 0 Å². The molecule has 0 saturated heterocycles. The minimum Gasteiger partial charge on any atom is -0.355 e. The molecule has 0 aliphatic rings. The number of halogens is 1. The monoisotopic (exact) mass is 485 g/mol. The summed E-state index contributed by atoms with van der Waals surface area (Å²) >= 11 is 1.55. The van der Waals surface area contributed by atoms with Crippen molar-refractivity contribution >= 4 is 17.7 Å². The van der Waals surface area contributed by atoms with Gasteiger partial charge in [0.05, 0.1) is 11.6 Å². The number of hydrogen-bond donors (Lipinski definition) is 1. The van der Waals surface area contributed by atoms with Crippen LogP contribution in [-0.4, -0.2) is 27.3 Å². The number of hydrogen-bond acceptors (Lipinski definition) is 3. The minimum atomic E-state index is -0.479. The molecular weight excluding hydrogens is 445 g/mol. The Hall–Kier alpha value is -2.60. The first kappa shape index (κ1) is 29.4. The molecule has 0 bridgehead atoms. The molecule has 186 valence electrons. The minimum absolute atomic E-state index is 0.00638. The number of benzene rings is 2. The number of amides is 1. The Balaban J connectivity index is 0.00000137. The van der Waals surface area contributed by atoms with Crippen molar-refractivity contribution in [2.24, 2.45) is 7.05 Å². The predicted octanol–water partition coefficient (Wildman–Crippen LogP) is 6.91. The summed E-state index contributed by atoms with van der Waals surface area (Å²) in [5.74, 6) is -0.277. The Morgan fingerprint density at radius 1 is 1.15 bits per heavy atom. The molecule has 1 heterocycles. The average molecular weight is 486 g/mol. The fourth-order valence-electron chi connectivity index (χ4n) is 3.67. The van der Waals surface area contributed by atoms with Crippen molar-refractivity contribution < 1.29 is 9.18 Å². The standard InChI is InChI=1S/C24H28FN3OS.2C2H6/c1-17-7-5-10-21(13-17)30-18(2)23(29)27-12-11-24(3,22-15-26-16-28(22)4)19-8-6-9-20(25)14-19;2*1-2/h5-10,13-16,18H,11-12H2,1-4H3,(H,27,29);2*1-2H3. The Labute approximate surface area is 209 Å². The highest BCUT2D eigenvalue weighted by atomic mass is 32.2. The van der Waals surface area contributed by atoms with Crippen LogP contribution in [0.15, 0.2) is 66.0 Å². The smallest absolute Gasteiger partial charge is 0.233 e. The Kier molecular flexibility index (Phi) is 12.7. The van der Waals surface area contributed by atoms with Crippen LogP contribution in [0.2, 0.25) is 0 Å². The van der Waals surface area contributed by atoms with E-state index < -0.39 is 5.41 Å². The van der Waals surface area contributed by atoms with Gasteiger partial charge in [-0.05, 0) is 57.0 Å². The van der Waals surface area contributed by atoms with Crippen molar-refractivity contribution in [1.82, 2.24) is 14.9 Å². The van der Waals surface area contributed by atoms with Crippen LogP contribution in [0.1, 0.15) is 64.8 Å². The van der Waals surface area contributed by atoms with Crippen molar-refractivity contribution in [3.63, 3.8) is 0 Å². The van der Waals surface area contributed by atoms with E-state index in [1.165, 1.54) is 11.6 Å². The fourth-order valence-corrected chi connectivity index (χ4v) is 4.68. The molecule has 0 aliphatic heterocycles. The molecule has 0 fully saturated rings. The quantitative estimate of drug-likeness (QED) is 0.353. The van der Waals surface area contributed by atoms with E-state index in [2.05, 4.69) is 23.3 Å². The van der Waals surface area contributed by atoms with E-state index in [-0.39, 0.29) is 17.0 Å². The van der Waals surface area contributed by atoms with Gasteiger partial charge in [0.15, 0.2) is 0 Å². The molecule has 1 amide bonds. The SMILES string of the molecule is CC.CC.Cc1cccc(SC(C)C(=O)NCCC(C)(c2cccc(F)c2)c2cncn2C)c1. The maximum Gasteiger partial charge on any atom is 0.233 e. The third-order valence-electron chi connectivity index (χ3n) is 5.44. The molecule has 4 nitrogen and oxygen atoms in total. The van der Waals surface area contributed by atoms with E-state index >= 15 is 0 Å². The summed E-state index contributed by atoms with van der Waals surface area (Å²) in [6, 6.07) is 14.8. The van der Waals surface area contributed by atoms with Gasteiger partial charge in [-0.15, -0.1) is 11.8 Å². The molecule has 2 unspecified atom stereocenters. The number of aromatic nitrogens is 2. The lowest BCUT2D eigenvalue weighted by atomic mass is 9.76. The number of carbonyl (C=O) groups is 1. The lowest BCUT2D eigenvalue weighted by Crippen LogP contribution is -2.36. The summed E-state index contributed by atoms with van der Waals surface area (Å²) < 4.78 is 15.9. The van der Waals surface area contributed by atoms with E-state index in [4.69, 9.17) is 0 Å². The summed E-state index contributed by atoms with van der Waals surface area (Å²) in [7, 11) is 1.93. The zero-order chi connectivity index (χ0) is 25.7. The zero-order valence-electron chi connectivity index (χ0n) is 21.9. The van der Waals surface area contributed by atoms with Crippen molar-refractivity contribution in [2.45, 2.75) is 70.4 Å². The highest BCUT2D eigenvalue weighted by Gasteiger charge is 2.32. The lowest BCUT2D eigenvalue weighted by Gasteiger charge is -2.31. The molecule has 0 radical (unpaired) electrons. The summed E-state index contributed by atoms with van der Waals surface area (Å²) in [4.78, 5) is 18.0. The van der Waals surface area contributed by atoms with Crippen LogP contribution in [0.3, 0.4) is 0 Å². The van der Waals surface area contributed by atoms with Gasteiger partial charge in [0.2, 0.25) is 5.91 Å². The van der Waals surface area contributed by atoms with Crippen molar-refractivity contribution in [2.75, 3.05) is 6.54 Å². The molecule has 2 atom stereocenters. The van der Waals surface area contributed by atoms with Gasteiger partial charge < -0.3 is 9.88 Å². The van der Waals surface area contributed by atoms with Crippen molar-refractivity contribution in [1.29, 1.82) is 0 Å². The normalized spacial score (nSPS) is 12.9. The van der Waals surface area contributed by atoms with E-state index in [0.717, 1.165) is 16.2 Å². The first-order valence-electron chi connectivity index (χ1n) is 12.0. The molecule has 1 aromatic heterocycles. The predicted molar refractivity (Wildman–Crippen MR) is 143 cm³/mol. The zero-order valence-corrected chi connectivity index (χ0v) is 22.7. The highest BCUT2D eigenvalue weighted by Crippen LogP contribution is 2.35. The maximum atomic E-state index is 13.9. The molecule has 3 rings (SSSR count). The highest BCUT2D eigenvalue weighted by molar-refractivity contribution is 8.00. The largest absolute Gasteiger partial charge is 0.355 e. The van der Waals surface area contributed by atoms with Crippen molar-refractivity contribution in [3.8, 4) is 0 Å². The topological polar surface area (TPSA) is 46.9 Å². The summed E-state index contributed by atoms with van der Waals surface area (Å²) in [6.07, 6.45) is 4.18. The molecule has 3 aromatic rings. The molecule has 0 aliphatic carbocycles. The van der Waals surface area contributed by atoms with Gasteiger partial charge in [-0.1, -0.05) is 57.5 Å². The Bertz CT molecular complexity index is 1020. The van der Waals surface area contributed by atoms with Gasteiger partial charge in [-0.25, -0.2) is 9.37 Å². The summed E-state index contributed by atoms with van der Waals surface area (Å²) in [6.45, 7) is 14.5. The van der Waals surface area contributed by atoms with Crippen LogP contribution in [0.4, 0.5) is 4.39 Å². The first-order chi connectivity index (χ1) is 16.3. The molecule has 0 saturated carbocycles. The van der Waals surface area contributed by atoms with Gasteiger partial charge in [-0.2, -0.15) is 0 Å². The number of thioether (sulfide) groups is 1. The number of nitrogens with one attached hydrogen (secondary N) is 1. The van der Waals surface area contributed by atoms with Crippen molar-refractivity contribution in [3.05, 3.63) is 83.7 Å². The molecule has 2 aromatic carbocycles. The second kappa shape index (κ2) is 14.6. The number of rotatable bonds is 8. The van der Waals surface area contributed by atoms with Gasteiger partial charge in [0, 0.05) is 35.8 Å². The van der Waals surface area contributed by atoms with Crippen LogP contribution in [0.5, 0.6) is 0 Å². The van der Waals surface area contributed by atoms with Gasteiger partial charge in [-0.3, -0.25) is 4.79 Å². The van der Waals surface area contributed by atoms with E-state index in [0.29, 0.717) is 13.0 Å².